The second kappa shape index (κ2) is 9.96. The second-order valence-corrected chi connectivity index (χ2v) is 7.24. The topological polar surface area (TPSA) is 76.1 Å². The molecule has 1 aliphatic heterocycles. The quantitative estimate of drug-likeness (QED) is 0.662. The molecule has 0 aliphatic carbocycles. The van der Waals surface area contributed by atoms with E-state index < -0.39 is 0 Å². The van der Waals surface area contributed by atoms with Gasteiger partial charge in [0.05, 0.1) is 24.3 Å². The molecule has 2 aromatic rings. The highest BCUT2D eigenvalue weighted by Crippen LogP contribution is 2.29. The molecule has 1 N–H and O–H groups in total. The predicted octanol–water partition coefficient (Wildman–Crippen LogP) is 4.18. The summed E-state index contributed by atoms with van der Waals surface area (Å²) < 4.78 is 11.6. The van der Waals surface area contributed by atoms with Crippen molar-refractivity contribution in [1.82, 2.24) is 4.90 Å². The van der Waals surface area contributed by atoms with Gasteiger partial charge in [-0.25, -0.2) is 0 Å². The normalized spacial score (nSPS) is 16.0. The Bertz CT molecular complexity index is 924. The molecule has 1 saturated heterocycles. The zero-order valence-electron chi connectivity index (χ0n) is 17.2. The van der Waals surface area contributed by atoms with Gasteiger partial charge in [0.15, 0.2) is 6.29 Å². The summed E-state index contributed by atoms with van der Waals surface area (Å²) in [6.07, 6.45) is 4.06. The van der Waals surface area contributed by atoms with E-state index in [9.17, 15) is 14.7 Å². The molecule has 1 aliphatic rings. The van der Waals surface area contributed by atoms with Crippen molar-refractivity contribution in [1.29, 1.82) is 0 Å². The van der Waals surface area contributed by atoms with Gasteiger partial charge in [0, 0.05) is 24.6 Å². The minimum atomic E-state index is -0.103. The number of benzene rings is 2. The van der Waals surface area contributed by atoms with Crippen molar-refractivity contribution < 1.29 is 24.2 Å². The van der Waals surface area contributed by atoms with Gasteiger partial charge >= 0.3 is 0 Å². The third-order valence-electron chi connectivity index (χ3n) is 5.23. The fourth-order valence-electron chi connectivity index (χ4n) is 3.73. The zero-order valence-corrected chi connectivity index (χ0v) is 17.2. The highest BCUT2D eigenvalue weighted by molar-refractivity contribution is 5.98. The van der Waals surface area contributed by atoms with E-state index >= 15 is 0 Å². The number of aldehydes is 1. The van der Waals surface area contributed by atoms with Gasteiger partial charge in [-0.1, -0.05) is 30.9 Å². The lowest BCUT2D eigenvalue weighted by molar-refractivity contribution is 0.0629. The maximum Gasteiger partial charge on any atom is 0.257 e. The van der Waals surface area contributed by atoms with Crippen molar-refractivity contribution in [2.24, 2.45) is 5.92 Å². The van der Waals surface area contributed by atoms with Gasteiger partial charge in [0.2, 0.25) is 0 Å². The van der Waals surface area contributed by atoms with Gasteiger partial charge in [-0.2, -0.15) is 0 Å². The number of hydrogen-bond donors (Lipinski definition) is 1. The molecule has 3 rings (SSSR count). The van der Waals surface area contributed by atoms with Crippen molar-refractivity contribution >= 4 is 18.3 Å². The Hall–Kier alpha value is -3.28. The number of aromatic hydroxyl groups is 1. The Morgan fingerprint density at radius 3 is 2.80 bits per heavy atom. The van der Waals surface area contributed by atoms with Crippen LogP contribution in [-0.4, -0.2) is 48.5 Å². The van der Waals surface area contributed by atoms with Crippen LogP contribution in [0.25, 0.3) is 6.08 Å². The zero-order chi connectivity index (χ0) is 21.5. The molecule has 30 heavy (non-hydrogen) atoms. The minimum Gasteiger partial charge on any atom is -0.507 e. The predicted molar refractivity (Wildman–Crippen MR) is 115 cm³/mol. The molecule has 158 valence electrons. The second-order valence-electron chi connectivity index (χ2n) is 7.24. The van der Waals surface area contributed by atoms with Crippen LogP contribution in [0.15, 0.2) is 43.0 Å². The van der Waals surface area contributed by atoms with Gasteiger partial charge < -0.3 is 19.5 Å². The van der Waals surface area contributed by atoms with Crippen molar-refractivity contribution in [2.75, 3.05) is 26.3 Å². The van der Waals surface area contributed by atoms with Crippen LogP contribution >= 0.6 is 0 Å². The molecule has 1 fully saturated rings. The molecular weight excluding hydrogens is 382 g/mol. The maximum absolute atomic E-state index is 13.2. The first-order valence-corrected chi connectivity index (χ1v) is 10.2. The highest BCUT2D eigenvalue weighted by atomic mass is 16.5. The van der Waals surface area contributed by atoms with Gasteiger partial charge in [-0.15, -0.1) is 0 Å². The molecule has 0 unspecified atom stereocenters. The summed E-state index contributed by atoms with van der Waals surface area (Å²) >= 11 is 0. The van der Waals surface area contributed by atoms with E-state index in [2.05, 4.69) is 6.58 Å². The molecule has 1 amide bonds. The number of carbonyl (C=O) groups is 2. The molecule has 1 heterocycles. The smallest absolute Gasteiger partial charge is 0.257 e. The number of carbonyl (C=O) groups excluding carboxylic acids is 2. The number of piperidine rings is 1. The van der Waals surface area contributed by atoms with Gasteiger partial charge in [-0.3, -0.25) is 9.59 Å². The fraction of sp³-hybridized carbons (Fsp3) is 0.333. The molecule has 0 spiro atoms. The third-order valence-corrected chi connectivity index (χ3v) is 5.23. The molecule has 2 aromatic carbocycles. The summed E-state index contributed by atoms with van der Waals surface area (Å²) in [5.41, 5.74) is 1.47. The number of phenolic OH excluding ortho intramolecular Hbond substituents is 1. The fourth-order valence-corrected chi connectivity index (χ4v) is 3.73. The molecule has 6 nitrogen and oxygen atoms in total. The van der Waals surface area contributed by atoms with E-state index in [1.165, 1.54) is 6.07 Å². The first-order chi connectivity index (χ1) is 14.6. The first-order valence-electron chi connectivity index (χ1n) is 10.2. The average molecular weight is 409 g/mol. The van der Waals surface area contributed by atoms with Gasteiger partial charge in [0.25, 0.3) is 5.91 Å². The Morgan fingerprint density at radius 1 is 1.27 bits per heavy atom. The standard InChI is InChI=1S/C24H27NO5/c1-3-18-9-5-10-19(23(18)29-4-2)24(28)25-13-7-8-17(14-25)16-30-22-12-6-11-21(27)20(22)15-26/h3,5-6,9-12,15,17,27H,1,4,7-8,13-14,16H2,2H3/t17-/m1/s1. The summed E-state index contributed by atoms with van der Waals surface area (Å²) in [5, 5.41) is 9.80. The van der Waals surface area contributed by atoms with E-state index in [4.69, 9.17) is 9.47 Å². The number of hydrogen-bond acceptors (Lipinski definition) is 5. The lowest BCUT2D eigenvalue weighted by atomic mass is 9.97. The maximum atomic E-state index is 13.2. The summed E-state index contributed by atoms with van der Waals surface area (Å²) in [6, 6.07) is 10.2. The summed E-state index contributed by atoms with van der Waals surface area (Å²) in [7, 11) is 0. The number of para-hydroxylation sites is 1. The van der Waals surface area contributed by atoms with Crippen LogP contribution < -0.4 is 9.47 Å². The highest BCUT2D eigenvalue weighted by Gasteiger charge is 2.27. The third kappa shape index (κ3) is 4.64. The van der Waals surface area contributed by atoms with E-state index in [0.717, 1.165) is 18.4 Å². The van der Waals surface area contributed by atoms with Crippen LogP contribution in [0.2, 0.25) is 0 Å². The van der Waals surface area contributed by atoms with Crippen molar-refractivity contribution in [2.45, 2.75) is 19.8 Å². The minimum absolute atomic E-state index is 0.0715. The van der Waals surface area contributed by atoms with E-state index in [0.29, 0.717) is 49.7 Å². The Balaban J connectivity index is 1.71. The van der Waals surface area contributed by atoms with Crippen LogP contribution in [-0.2, 0) is 0 Å². The number of ether oxygens (including phenoxy) is 2. The monoisotopic (exact) mass is 409 g/mol. The molecule has 0 aromatic heterocycles. The van der Waals surface area contributed by atoms with Gasteiger partial charge in [0.1, 0.15) is 17.2 Å². The number of likely N-dealkylation sites (tertiary alicyclic amines) is 1. The molecule has 1 atom stereocenters. The van der Waals surface area contributed by atoms with E-state index in [-0.39, 0.29) is 23.1 Å². The largest absolute Gasteiger partial charge is 0.507 e. The van der Waals surface area contributed by atoms with Crippen molar-refractivity contribution in [3.8, 4) is 17.2 Å². The Morgan fingerprint density at radius 2 is 2.07 bits per heavy atom. The number of phenols is 1. The lowest BCUT2D eigenvalue weighted by Gasteiger charge is -2.33. The van der Waals surface area contributed by atoms with Crippen LogP contribution in [0.1, 0.15) is 46.0 Å². The van der Waals surface area contributed by atoms with Gasteiger partial charge in [-0.05, 0) is 38.0 Å². The van der Waals surface area contributed by atoms with E-state index in [1.807, 2.05) is 24.0 Å². The molecule has 0 radical (unpaired) electrons. The number of amides is 1. The molecule has 6 heteroatoms. The average Bonchev–Trinajstić information content (AvgIpc) is 2.77. The Labute approximate surface area is 176 Å². The lowest BCUT2D eigenvalue weighted by Crippen LogP contribution is -2.41. The SMILES string of the molecule is C=Cc1cccc(C(=O)N2CCC[C@@H](COc3cccc(O)c3C=O)C2)c1OCC. The van der Waals surface area contributed by atoms with E-state index in [1.54, 1.807) is 24.3 Å². The Kier molecular flexibility index (Phi) is 7.12. The molecule has 0 bridgehead atoms. The van der Waals surface area contributed by atoms with Crippen LogP contribution in [0.4, 0.5) is 0 Å². The van der Waals surface area contributed by atoms with Crippen LogP contribution in [0, 0.1) is 5.92 Å². The summed E-state index contributed by atoms with van der Waals surface area (Å²) in [4.78, 5) is 26.3. The van der Waals surface area contributed by atoms with Crippen molar-refractivity contribution in [3.63, 3.8) is 0 Å². The van der Waals surface area contributed by atoms with Crippen LogP contribution in [0.3, 0.4) is 0 Å². The van der Waals surface area contributed by atoms with Crippen molar-refractivity contribution in [3.05, 3.63) is 59.7 Å². The van der Waals surface area contributed by atoms with Crippen LogP contribution in [0.5, 0.6) is 17.2 Å². The summed E-state index contributed by atoms with van der Waals surface area (Å²) in [5.74, 6) is 0.869. The first kappa shape index (κ1) is 21.4. The number of nitrogens with zero attached hydrogens (tertiary/aromatic N) is 1. The number of rotatable bonds is 8. The molecular formula is C24H27NO5. The summed E-state index contributed by atoms with van der Waals surface area (Å²) in [6.45, 7) is 7.74. The molecule has 0 saturated carbocycles.